The smallest absolute Gasteiger partial charge is 0.256 e. The molecule has 0 bridgehead atoms. The van der Waals surface area contributed by atoms with Gasteiger partial charge >= 0.3 is 0 Å². The van der Waals surface area contributed by atoms with Crippen LogP contribution < -0.4 is 5.32 Å². The summed E-state index contributed by atoms with van der Waals surface area (Å²) in [5.41, 5.74) is 1.61. The summed E-state index contributed by atoms with van der Waals surface area (Å²) in [5.74, 6) is 0.144. The van der Waals surface area contributed by atoms with E-state index in [1.165, 1.54) is 0 Å². The zero-order chi connectivity index (χ0) is 13.7. The molecule has 4 heteroatoms. The van der Waals surface area contributed by atoms with Crippen LogP contribution in [-0.4, -0.2) is 34.9 Å². The lowest BCUT2D eigenvalue weighted by Gasteiger charge is -2.24. The molecule has 0 aromatic carbocycles. The van der Waals surface area contributed by atoms with Crippen molar-refractivity contribution >= 4 is 11.6 Å². The van der Waals surface area contributed by atoms with Crippen molar-refractivity contribution < 1.29 is 4.79 Å². The highest BCUT2D eigenvalue weighted by Crippen LogP contribution is 2.24. The number of carbonyl (C=O) groups excluding carboxylic acids is 1. The lowest BCUT2D eigenvalue weighted by Crippen LogP contribution is -2.35. The monoisotopic (exact) mass is 261 g/mol. The second-order valence-electron chi connectivity index (χ2n) is 5.05. The van der Waals surface area contributed by atoms with E-state index in [0.29, 0.717) is 6.04 Å². The van der Waals surface area contributed by atoms with Crippen LogP contribution in [0, 0.1) is 0 Å². The number of pyridine rings is 1. The Balaban J connectivity index is 2.18. The number of hydrogen-bond acceptors (Lipinski definition) is 3. The minimum atomic E-state index is 0.144. The molecule has 1 aliphatic rings. The molecule has 0 aliphatic carbocycles. The molecule has 1 aliphatic heterocycles. The number of aromatic nitrogens is 1. The zero-order valence-electron chi connectivity index (χ0n) is 11.9. The average molecular weight is 261 g/mol. The van der Waals surface area contributed by atoms with Gasteiger partial charge in [-0.3, -0.25) is 9.78 Å². The van der Waals surface area contributed by atoms with Crippen LogP contribution in [0.1, 0.15) is 49.9 Å². The van der Waals surface area contributed by atoms with Crippen LogP contribution in [-0.2, 0) is 0 Å². The minimum Gasteiger partial charge on any atom is -0.383 e. The maximum absolute atomic E-state index is 12.7. The number of amides is 1. The van der Waals surface area contributed by atoms with Crippen LogP contribution in [0.5, 0.6) is 0 Å². The summed E-state index contributed by atoms with van der Waals surface area (Å²) in [5, 5.41) is 3.29. The van der Waals surface area contributed by atoms with E-state index in [4.69, 9.17) is 0 Å². The van der Waals surface area contributed by atoms with Gasteiger partial charge in [-0.05, 0) is 31.7 Å². The molecular formula is C15H23N3O. The van der Waals surface area contributed by atoms with Crippen molar-refractivity contribution in [2.45, 2.75) is 45.6 Å². The summed E-state index contributed by atoms with van der Waals surface area (Å²) in [6.07, 6.45) is 7.76. The predicted octanol–water partition coefficient (Wildman–Crippen LogP) is 2.92. The van der Waals surface area contributed by atoms with Crippen LogP contribution in [0.25, 0.3) is 0 Å². The molecule has 2 heterocycles. The van der Waals surface area contributed by atoms with E-state index in [9.17, 15) is 4.79 Å². The number of anilines is 1. The molecule has 1 aromatic heterocycles. The molecule has 1 saturated heterocycles. The fourth-order valence-electron chi connectivity index (χ4n) is 2.66. The van der Waals surface area contributed by atoms with Gasteiger partial charge in [0.25, 0.3) is 5.91 Å². The highest BCUT2D eigenvalue weighted by atomic mass is 16.2. The van der Waals surface area contributed by atoms with E-state index in [1.54, 1.807) is 12.4 Å². The second-order valence-corrected chi connectivity index (χ2v) is 5.05. The highest BCUT2D eigenvalue weighted by Gasteiger charge is 2.29. The summed E-state index contributed by atoms with van der Waals surface area (Å²) < 4.78 is 0. The van der Waals surface area contributed by atoms with E-state index in [-0.39, 0.29) is 5.91 Å². The molecule has 1 aromatic rings. The largest absolute Gasteiger partial charge is 0.383 e. The number of nitrogens with zero attached hydrogens (tertiary/aromatic N) is 2. The molecule has 19 heavy (non-hydrogen) atoms. The van der Waals surface area contributed by atoms with Gasteiger partial charge < -0.3 is 10.2 Å². The number of hydrogen-bond donors (Lipinski definition) is 1. The summed E-state index contributed by atoms with van der Waals surface area (Å²) in [6.45, 7) is 6.01. The first kappa shape index (κ1) is 13.8. The Bertz CT molecular complexity index is 433. The van der Waals surface area contributed by atoms with Crippen molar-refractivity contribution in [1.29, 1.82) is 0 Å². The van der Waals surface area contributed by atoms with Crippen LogP contribution >= 0.6 is 0 Å². The number of carbonyl (C=O) groups is 1. The van der Waals surface area contributed by atoms with Gasteiger partial charge in [-0.25, -0.2) is 0 Å². The standard InChI is InChI=1S/C15H23N3O/c1-3-8-17-14-11-16-9-7-13(14)15(19)18-10-5-6-12(18)4-2/h7,9,11-12,17H,3-6,8,10H2,1-2H3. The van der Waals surface area contributed by atoms with Gasteiger partial charge in [0.2, 0.25) is 0 Å². The van der Waals surface area contributed by atoms with Crippen molar-refractivity contribution in [2.24, 2.45) is 0 Å². The first-order valence-electron chi connectivity index (χ1n) is 7.26. The first-order valence-corrected chi connectivity index (χ1v) is 7.26. The Morgan fingerprint density at radius 3 is 3.11 bits per heavy atom. The van der Waals surface area contributed by atoms with E-state index >= 15 is 0 Å². The molecule has 0 saturated carbocycles. The van der Waals surface area contributed by atoms with Gasteiger partial charge in [-0.2, -0.15) is 0 Å². The SMILES string of the molecule is CCCNc1cnccc1C(=O)N1CCCC1CC. The zero-order valence-corrected chi connectivity index (χ0v) is 11.9. The molecule has 1 atom stereocenters. The molecule has 0 spiro atoms. The maximum Gasteiger partial charge on any atom is 0.256 e. The van der Waals surface area contributed by atoms with Crippen molar-refractivity contribution in [3.05, 3.63) is 24.0 Å². The lowest BCUT2D eigenvalue weighted by molar-refractivity contribution is 0.0734. The van der Waals surface area contributed by atoms with Crippen LogP contribution in [0.3, 0.4) is 0 Å². The van der Waals surface area contributed by atoms with Gasteiger partial charge in [0.05, 0.1) is 17.4 Å². The third-order valence-electron chi connectivity index (χ3n) is 3.73. The Morgan fingerprint density at radius 2 is 2.37 bits per heavy atom. The Kier molecular flexibility index (Phi) is 4.77. The van der Waals surface area contributed by atoms with E-state index in [0.717, 1.165) is 50.0 Å². The number of rotatable bonds is 5. The van der Waals surface area contributed by atoms with Crippen LogP contribution in [0.2, 0.25) is 0 Å². The van der Waals surface area contributed by atoms with Crippen molar-refractivity contribution in [3.8, 4) is 0 Å². The molecule has 0 radical (unpaired) electrons. The van der Waals surface area contributed by atoms with Crippen LogP contribution in [0.4, 0.5) is 5.69 Å². The van der Waals surface area contributed by atoms with Gasteiger partial charge in [-0.1, -0.05) is 13.8 Å². The molecule has 4 nitrogen and oxygen atoms in total. The Morgan fingerprint density at radius 1 is 1.53 bits per heavy atom. The summed E-state index contributed by atoms with van der Waals surface area (Å²) in [7, 11) is 0. The van der Waals surface area contributed by atoms with Gasteiger partial charge in [0.15, 0.2) is 0 Å². The maximum atomic E-state index is 12.7. The first-order chi connectivity index (χ1) is 9.27. The fourth-order valence-corrected chi connectivity index (χ4v) is 2.66. The van der Waals surface area contributed by atoms with Gasteiger partial charge in [-0.15, -0.1) is 0 Å². The topological polar surface area (TPSA) is 45.2 Å². The Labute approximate surface area is 115 Å². The molecule has 1 fully saturated rings. The van der Waals surface area contributed by atoms with Crippen molar-refractivity contribution in [3.63, 3.8) is 0 Å². The normalized spacial score (nSPS) is 18.6. The van der Waals surface area contributed by atoms with E-state index in [1.807, 2.05) is 11.0 Å². The quantitative estimate of drug-likeness (QED) is 0.886. The highest BCUT2D eigenvalue weighted by molar-refractivity contribution is 5.99. The van der Waals surface area contributed by atoms with E-state index in [2.05, 4.69) is 24.1 Å². The summed E-state index contributed by atoms with van der Waals surface area (Å²) in [6, 6.07) is 2.23. The fraction of sp³-hybridized carbons (Fsp3) is 0.600. The van der Waals surface area contributed by atoms with Crippen LogP contribution in [0.15, 0.2) is 18.5 Å². The van der Waals surface area contributed by atoms with E-state index < -0.39 is 0 Å². The summed E-state index contributed by atoms with van der Waals surface area (Å²) >= 11 is 0. The predicted molar refractivity (Wildman–Crippen MR) is 77.4 cm³/mol. The minimum absolute atomic E-state index is 0.144. The molecule has 2 rings (SSSR count). The van der Waals surface area contributed by atoms with Gasteiger partial charge in [0.1, 0.15) is 0 Å². The average Bonchev–Trinajstić information content (AvgIpc) is 2.93. The molecular weight excluding hydrogens is 238 g/mol. The molecule has 1 unspecified atom stereocenters. The Hall–Kier alpha value is -1.58. The summed E-state index contributed by atoms with van der Waals surface area (Å²) in [4.78, 5) is 18.8. The third-order valence-corrected chi connectivity index (χ3v) is 3.73. The van der Waals surface area contributed by atoms with Crippen molar-refractivity contribution in [1.82, 2.24) is 9.88 Å². The molecule has 104 valence electrons. The number of likely N-dealkylation sites (tertiary alicyclic amines) is 1. The second kappa shape index (κ2) is 6.55. The molecule has 1 N–H and O–H groups in total. The number of nitrogens with one attached hydrogen (secondary N) is 1. The third kappa shape index (κ3) is 3.06. The van der Waals surface area contributed by atoms with Gasteiger partial charge in [0, 0.05) is 25.3 Å². The lowest BCUT2D eigenvalue weighted by atomic mass is 10.1. The van der Waals surface area contributed by atoms with Crippen molar-refractivity contribution in [2.75, 3.05) is 18.4 Å². The molecule has 1 amide bonds.